The molecule has 3 N–H and O–H groups in total. The number of sulfonamides is 1. The van der Waals surface area contributed by atoms with Crippen LogP contribution < -0.4 is 10.5 Å². The zero-order valence-electron chi connectivity index (χ0n) is 17.0. The number of carbonyl (C=O) groups excluding carboxylic acids is 1. The summed E-state index contributed by atoms with van der Waals surface area (Å²) in [6.45, 7) is 3.92. The van der Waals surface area contributed by atoms with E-state index in [9.17, 15) is 17.6 Å². The second kappa shape index (κ2) is 9.17. The van der Waals surface area contributed by atoms with E-state index >= 15 is 0 Å². The third kappa shape index (κ3) is 5.39. The van der Waals surface area contributed by atoms with Crippen LogP contribution in [0.2, 0.25) is 0 Å². The van der Waals surface area contributed by atoms with Gasteiger partial charge in [0.25, 0.3) is 0 Å². The number of nitrogens with two attached hydrogens (primary N) is 1. The fraction of sp³-hybridized carbons (Fsp3) is 0.579. The lowest BCUT2D eigenvalue weighted by molar-refractivity contribution is -0.126. The van der Waals surface area contributed by atoms with Crippen molar-refractivity contribution in [3.63, 3.8) is 0 Å². The molecule has 0 saturated heterocycles. The predicted octanol–water partition coefficient (Wildman–Crippen LogP) is 1.64. The number of primary sulfonamides is 1. The van der Waals surface area contributed by atoms with Crippen LogP contribution in [0.1, 0.15) is 62.9 Å². The van der Waals surface area contributed by atoms with Crippen molar-refractivity contribution in [2.45, 2.75) is 63.3 Å². The second-order valence-corrected chi connectivity index (χ2v) is 9.90. The highest BCUT2D eigenvalue weighted by atomic mass is 32.2. The molecule has 0 bridgehead atoms. The van der Waals surface area contributed by atoms with Gasteiger partial charge in [-0.25, -0.2) is 22.6 Å². The highest BCUT2D eigenvalue weighted by Gasteiger charge is 2.31. The van der Waals surface area contributed by atoms with E-state index < -0.39 is 27.1 Å². The van der Waals surface area contributed by atoms with Crippen molar-refractivity contribution in [1.29, 1.82) is 0 Å². The van der Waals surface area contributed by atoms with Crippen LogP contribution in [0.3, 0.4) is 0 Å². The number of nitrogens with one attached hydrogen (secondary N) is 1. The number of carbonyl (C=O) groups is 1. The fourth-order valence-electron chi connectivity index (χ4n) is 3.86. The topological polar surface area (TPSA) is 133 Å². The fourth-order valence-corrected chi connectivity index (χ4v) is 4.79. The number of amides is 1. The molecule has 164 valence electrons. The van der Waals surface area contributed by atoms with E-state index in [4.69, 9.17) is 5.14 Å². The molecule has 0 aliphatic heterocycles. The molecular weight excluding hydrogens is 411 g/mol. The van der Waals surface area contributed by atoms with Crippen molar-refractivity contribution in [1.82, 2.24) is 25.3 Å². The maximum absolute atomic E-state index is 13.3. The molecule has 1 amide bonds. The minimum atomic E-state index is -3.52. The van der Waals surface area contributed by atoms with E-state index in [0.717, 1.165) is 5.69 Å². The van der Waals surface area contributed by atoms with Gasteiger partial charge in [-0.2, -0.15) is 0 Å². The number of hydrogen-bond acceptors (Lipinski definition) is 6. The van der Waals surface area contributed by atoms with Crippen LogP contribution >= 0.6 is 0 Å². The first-order chi connectivity index (χ1) is 14.1. The molecule has 1 aliphatic rings. The summed E-state index contributed by atoms with van der Waals surface area (Å²) in [5.41, 5.74) is 1.17. The normalized spacial score (nSPS) is 20.8. The summed E-state index contributed by atoms with van der Waals surface area (Å²) >= 11 is 0. The van der Waals surface area contributed by atoms with Gasteiger partial charge >= 0.3 is 0 Å². The number of aromatic nitrogens is 4. The van der Waals surface area contributed by atoms with Gasteiger partial charge in [0.05, 0.1) is 23.2 Å². The summed E-state index contributed by atoms with van der Waals surface area (Å²) < 4.78 is 37.9. The molecule has 0 unspecified atom stereocenters. The summed E-state index contributed by atoms with van der Waals surface area (Å²) in [6, 6.07) is 1.94. The zero-order valence-corrected chi connectivity index (χ0v) is 17.8. The van der Waals surface area contributed by atoms with Gasteiger partial charge in [-0.15, -0.1) is 5.10 Å². The first-order valence-electron chi connectivity index (χ1n) is 9.96. The number of rotatable bonds is 7. The third-order valence-corrected chi connectivity index (χ3v) is 6.89. The lowest BCUT2D eigenvalue weighted by atomic mass is 9.87. The van der Waals surface area contributed by atoms with Crippen molar-refractivity contribution in [3.8, 4) is 0 Å². The molecular formula is C19H27FN6O3S. The molecule has 0 aromatic carbocycles. The van der Waals surface area contributed by atoms with Gasteiger partial charge in [0, 0.05) is 18.3 Å². The van der Waals surface area contributed by atoms with Crippen LogP contribution in [0.25, 0.3) is 0 Å². The minimum absolute atomic E-state index is 0.0573. The van der Waals surface area contributed by atoms with Crippen molar-refractivity contribution < 1.29 is 17.6 Å². The summed E-state index contributed by atoms with van der Waals surface area (Å²) in [5, 5.41) is 15.9. The summed E-state index contributed by atoms with van der Waals surface area (Å²) in [4.78, 5) is 16.8. The third-order valence-electron chi connectivity index (χ3n) is 5.49. The van der Waals surface area contributed by atoms with Gasteiger partial charge in [-0.05, 0) is 43.7 Å². The first kappa shape index (κ1) is 22.3. The molecule has 3 rings (SSSR count). The van der Waals surface area contributed by atoms with E-state index in [2.05, 4.69) is 20.6 Å². The van der Waals surface area contributed by atoms with Gasteiger partial charge in [-0.3, -0.25) is 9.78 Å². The Morgan fingerprint density at radius 3 is 2.63 bits per heavy atom. The van der Waals surface area contributed by atoms with Gasteiger partial charge in [0.15, 0.2) is 0 Å². The van der Waals surface area contributed by atoms with Crippen LogP contribution in [-0.2, 0) is 21.4 Å². The van der Waals surface area contributed by atoms with Crippen molar-refractivity contribution >= 4 is 15.9 Å². The number of hydrogen-bond donors (Lipinski definition) is 2. The Balaban J connectivity index is 1.66. The maximum atomic E-state index is 13.3. The molecule has 1 aliphatic carbocycles. The molecule has 0 spiro atoms. The summed E-state index contributed by atoms with van der Waals surface area (Å²) in [7, 11) is -3.52. The zero-order chi connectivity index (χ0) is 21.9. The molecule has 9 nitrogen and oxygen atoms in total. The molecule has 2 heterocycles. The first-order valence-corrected chi connectivity index (χ1v) is 11.6. The summed E-state index contributed by atoms with van der Waals surface area (Å²) in [6.07, 6.45) is 5.40. The van der Waals surface area contributed by atoms with Crippen molar-refractivity contribution in [3.05, 3.63) is 41.7 Å². The molecule has 1 fully saturated rings. The maximum Gasteiger partial charge on any atom is 0.245 e. The molecule has 1 atom stereocenters. The van der Waals surface area contributed by atoms with Crippen LogP contribution in [-0.4, -0.2) is 39.6 Å². The highest BCUT2D eigenvalue weighted by molar-refractivity contribution is 7.89. The lowest BCUT2D eigenvalue weighted by Crippen LogP contribution is -2.35. The van der Waals surface area contributed by atoms with Crippen LogP contribution in [0.4, 0.5) is 4.39 Å². The van der Waals surface area contributed by atoms with E-state index in [0.29, 0.717) is 31.4 Å². The Kier molecular flexibility index (Phi) is 6.81. The second-order valence-electron chi connectivity index (χ2n) is 8.06. The van der Waals surface area contributed by atoms with Crippen LogP contribution in [0.5, 0.6) is 0 Å². The Hall–Kier alpha value is -2.40. The van der Waals surface area contributed by atoms with Gasteiger partial charge in [-0.1, -0.05) is 19.1 Å². The average molecular weight is 439 g/mol. The number of nitrogens with zero attached hydrogens (tertiary/aromatic N) is 4. The lowest BCUT2D eigenvalue weighted by Gasteiger charge is -2.25. The SMILES string of the molecule is CC(C)[C@@H](C(=O)NCc1cc(F)ccn1)n1cc(C2CCC(S(N)(=O)=O)CC2)nn1. The van der Waals surface area contributed by atoms with E-state index in [1.807, 2.05) is 13.8 Å². The molecule has 2 aromatic rings. The molecule has 1 saturated carbocycles. The Morgan fingerprint density at radius 2 is 2.03 bits per heavy atom. The summed E-state index contributed by atoms with van der Waals surface area (Å²) in [5.74, 6) is -0.638. The Labute approximate surface area is 175 Å². The van der Waals surface area contributed by atoms with E-state index in [1.54, 1.807) is 10.9 Å². The number of pyridine rings is 1. The average Bonchev–Trinajstić information content (AvgIpc) is 3.15. The van der Waals surface area contributed by atoms with Gasteiger partial charge < -0.3 is 5.32 Å². The van der Waals surface area contributed by atoms with Crippen LogP contribution in [0.15, 0.2) is 24.5 Å². The molecule has 0 radical (unpaired) electrons. The standard InChI is InChI=1S/C19H27FN6O3S/c1-12(2)18(19(27)23-10-15-9-14(20)7-8-22-15)26-11-17(24-25-26)13-3-5-16(6-4-13)30(21,28)29/h7-9,11-13,16,18H,3-6,10H2,1-2H3,(H,23,27)(H2,21,28,29)/t13?,16?,18-/m0/s1. The molecule has 30 heavy (non-hydrogen) atoms. The van der Waals surface area contributed by atoms with Crippen molar-refractivity contribution in [2.75, 3.05) is 0 Å². The van der Waals surface area contributed by atoms with Crippen LogP contribution in [0, 0.1) is 11.7 Å². The van der Waals surface area contributed by atoms with Crippen molar-refractivity contribution in [2.24, 2.45) is 11.1 Å². The Morgan fingerprint density at radius 1 is 1.33 bits per heavy atom. The highest BCUT2D eigenvalue weighted by Crippen LogP contribution is 2.34. The number of halogens is 1. The van der Waals surface area contributed by atoms with Gasteiger partial charge in [0.1, 0.15) is 11.9 Å². The van der Waals surface area contributed by atoms with E-state index in [1.165, 1.54) is 18.3 Å². The molecule has 11 heteroatoms. The smallest absolute Gasteiger partial charge is 0.245 e. The monoisotopic (exact) mass is 438 g/mol. The predicted molar refractivity (Wildman–Crippen MR) is 108 cm³/mol. The Bertz CT molecular complexity index is 986. The van der Waals surface area contributed by atoms with E-state index in [-0.39, 0.29) is 24.3 Å². The quantitative estimate of drug-likeness (QED) is 0.675. The molecule has 2 aromatic heterocycles. The van der Waals surface area contributed by atoms with Gasteiger partial charge in [0.2, 0.25) is 15.9 Å². The largest absolute Gasteiger partial charge is 0.349 e. The minimum Gasteiger partial charge on any atom is -0.349 e.